The summed E-state index contributed by atoms with van der Waals surface area (Å²) >= 11 is 0. The van der Waals surface area contributed by atoms with Crippen LogP contribution in [0.15, 0.2) is 54.6 Å². The molecule has 3 nitrogen and oxygen atoms in total. The van der Waals surface area contributed by atoms with Crippen molar-refractivity contribution in [1.82, 2.24) is 5.32 Å². The summed E-state index contributed by atoms with van der Waals surface area (Å²) in [6.45, 7) is 0.499. The molecule has 2 aromatic carbocycles. The number of ether oxygens (including phenoxy) is 1. The summed E-state index contributed by atoms with van der Waals surface area (Å²) in [5.74, 6) is 1.38. The summed E-state index contributed by atoms with van der Waals surface area (Å²) in [4.78, 5) is 12.6. The van der Waals surface area contributed by atoms with Crippen molar-refractivity contribution in [1.29, 1.82) is 0 Å². The van der Waals surface area contributed by atoms with Gasteiger partial charge in [-0.2, -0.15) is 0 Å². The molecule has 1 fully saturated rings. The molecule has 1 unspecified atom stereocenters. The van der Waals surface area contributed by atoms with Crippen molar-refractivity contribution >= 4 is 5.91 Å². The molecule has 0 spiro atoms. The molecule has 0 saturated heterocycles. The zero-order valence-electron chi connectivity index (χ0n) is 12.8. The number of benzene rings is 2. The van der Waals surface area contributed by atoms with Gasteiger partial charge in [-0.1, -0.05) is 48.5 Å². The highest BCUT2D eigenvalue weighted by molar-refractivity contribution is 5.84. The van der Waals surface area contributed by atoms with Crippen LogP contribution in [0.5, 0.6) is 5.75 Å². The maximum atomic E-state index is 12.6. The van der Waals surface area contributed by atoms with E-state index < -0.39 is 0 Å². The average molecular weight is 295 g/mol. The zero-order valence-corrected chi connectivity index (χ0v) is 12.8. The first-order valence-electron chi connectivity index (χ1n) is 7.74. The molecule has 0 aromatic heterocycles. The Kier molecular flexibility index (Phi) is 4.42. The van der Waals surface area contributed by atoms with E-state index in [2.05, 4.69) is 5.32 Å². The zero-order chi connectivity index (χ0) is 15.4. The second-order valence-corrected chi connectivity index (χ2v) is 5.76. The van der Waals surface area contributed by atoms with E-state index in [1.54, 1.807) is 7.11 Å². The van der Waals surface area contributed by atoms with Gasteiger partial charge in [0, 0.05) is 12.1 Å². The van der Waals surface area contributed by atoms with Gasteiger partial charge < -0.3 is 10.1 Å². The lowest BCUT2D eigenvalue weighted by molar-refractivity contribution is -0.123. The van der Waals surface area contributed by atoms with Crippen LogP contribution in [-0.4, -0.2) is 13.0 Å². The number of rotatable bonds is 6. The van der Waals surface area contributed by atoms with E-state index in [1.165, 1.54) is 0 Å². The predicted octanol–water partition coefficient (Wildman–Crippen LogP) is 3.51. The summed E-state index contributed by atoms with van der Waals surface area (Å²) in [6, 6.07) is 17.9. The largest absolute Gasteiger partial charge is 0.496 e. The van der Waals surface area contributed by atoms with Gasteiger partial charge in [0.25, 0.3) is 0 Å². The highest BCUT2D eigenvalue weighted by Gasteiger charge is 2.37. The van der Waals surface area contributed by atoms with Crippen molar-refractivity contribution in [3.63, 3.8) is 0 Å². The topological polar surface area (TPSA) is 38.3 Å². The summed E-state index contributed by atoms with van der Waals surface area (Å²) in [6.07, 6.45) is 2.28. The average Bonchev–Trinajstić information content (AvgIpc) is 3.39. The Labute approximate surface area is 131 Å². The number of carbonyl (C=O) groups excluding carboxylic acids is 1. The van der Waals surface area contributed by atoms with Gasteiger partial charge in [-0.05, 0) is 30.4 Å². The van der Waals surface area contributed by atoms with Crippen molar-refractivity contribution in [2.45, 2.75) is 25.3 Å². The van der Waals surface area contributed by atoms with Crippen molar-refractivity contribution in [3.8, 4) is 5.75 Å². The lowest BCUT2D eigenvalue weighted by Crippen LogP contribution is -2.30. The van der Waals surface area contributed by atoms with Gasteiger partial charge in [0.1, 0.15) is 5.75 Å². The third-order valence-electron chi connectivity index (χ3n) is 4.18. The maximum Gasteiger partial charge on any atom is 0.228 e. The molecule has 1 amide bonds. The molecule has 3 heteroatoms. The van der Waals surface area contributed by atoms with Gasteiger partial charge >= 0.3 is 0 Å². The van der Waals surface area contributed by atoms with Crippen molar-refractivity contribution < 1.29 is 9.53 Å². The molecule has 2 aromatic rings. The van der Waals surface area contributed by atoms with Crippen LogP contribution in [0.3, 0.4) is 0 Å². The number of para-hydroxylation sites is 1. The smallest absolute Gasteiger partial charge is 0.228 e. The van der Waals surface area contributed by atoms with E-state index in [0.29, 0.717) is 12.5 Å². The summed E-state index contributed by atoms with van der Waals surface area (Å²) in [7, 11) is 1.65. The van der Waals surface area contributed by atoms with Gasteiger partial charge in [0.15, 0.2) is 0 Å². The molecule has 3 rings (SSSR count). The minimum absolute atomic E-state index is 0.0316. The maximum absolute atomic E-state index is 12.6. The molecule has 1 aliphatic carbocycles. The number of hydrogen-bond acceptors (Lipinski definition) is 2. The van der Waals surface area contributed by atoms with Crippen LogP contribution >= 0.6 is 0 Å². The Morgan fingerprint density at radius 2 is 1.82 bits per heavy atom. The van der Waals surface area contributed by atoms with Crippen LogP contribution < -0.4 is 10.1 Å². The van der Waals surface area contributed by atoms with E-state index in [0.717, 1.165) is 29.7 Å². The lowest BCUT2D eigenvalue weighted by Gasteiger charge is -2.17. The number of amides is 1. The first-order valence-corrected chi connectivity index (χ1v) is 7.74. The van der Waals surface area contributed by atoms with Gasteiger partial charge in [-0.25, -0.2) is 0 Å². The van der Waals surface area contributed by atoms with E-state index in [4.69, 9.17) is 4.74 Å². The quantitative estimate of drug-likeness (QED) is 0.885. The normalized spacial score (nSPS) is 15.1. The fourth-order valence-corrected chi connectivity index (χ4v) is 2.87. The molecule has 0 radical (unpaired) electrons. The number of methoxy groups -OCH3 is 1. The molecule has 1 aliphatic rings. The van der Waals surface area contributed by atoms with E-state index in [1.807, 2.05) is 54.6 Å². The Morgan fingerprint density at radius 3 is 2.50 bits per heavy atom. The molecular weight excluding hydrogens is 274 g/mol. The highest BCUT2D eigenvalue weighted by atomic mass is 16.5. The van der Waals surface area contributed by atoms with Crippen molar-refractivity contribution in [3.05, 3.63) is 65.7 Å². The lowest BCUT2D eigenvalue weighted by atomic mass is 9.93. The molecule has 114 valence electrons. The minimum Gasteiger partial charge on any atom is -0.496 e. The summed E-state index contributed by atoms with van der Waals surface area (Å²) < 4.78 is 5.33. The van der Waals surface area contributed by atoms with Gasteiger partial charge in [0.2, 0.25) is 5.91 Å². The van der Waals surface area contributed by atoms with Gasteiger partial charge in [-0.3, -0.25) is 4.79 Å². The molecular formula is C19H21NO2. The van der Waals surface area contributed by atoms with Crippen LogP contribution in [0.25, 0.3) is 0 Å². The third-order valence-corrected chi connectivity index (χ3v) is 4.18. The predicted molar refractivity (Wildman–Crippen MR) is 86.7 cm³/mol. The third kappa shape index (κ3) is 3.30. The molecule has 1 saturated carbocycles. The molecule has 1 N–H and O–H groups in total. The Balaban J connectivity index is 1.70. The summed E-state index contributed by atoms with van der Waals surface area (Å²) in [5.41, 5.74) is 2.11. The first kappa shape index (κ1) is 14.6. The second kappa shape index (κ2) is 6.65. The summed E-state index contributed by atoms with van der Waals surface area (Å²) in [5, 5.41) is 3.07. The molecule has 22 heavy (non-hydrogen) atoms. The Hall–Kier alpha value is -2.29. The van der Waals surface area contributed by atoms with E-state index in [9.17, 15) is 4.79 Å². The fraction of sp³-hybridized carbons (Fsp3) is 0.316. The van der Waals surface area contributed by atoms with Crippen molar-refractivity contribution in [2.24, 2.45) is 5.92 Å². The minimum atomic E-state index is -0.0316. The second-order valence-electron chi connectivity index (χ2n) is 5.76. The van der Waals surface area contributed by atoms with E-state index >= 15 is 0 Å². The SMILES string of the molecule is COc1ccccc1CNC(=O)C(c1ccccc1)C1CC1. The van der Waals surface area contributed by atoms with Gasteiger partial charge in [0.05, 0.1) is 13.0 Å². The van der Waals surface area contributed by atoms with Crippen LogP contribution in [-0.2, 0) is 11.3 Å². The fourth-order valence-electron chi connectivity index (χ4n) is 2.87. The van der Waals surface area contributed by atoms with Crippen LogP contribution in [0, 0.1) is 5.92 Å². The molecule has 0 bridgehead atoms. The highest BCUT2D eigenvalue weighted by Crippen LogP contribution is 2.42. The monoisotopic (exact) mass is 295 g/mol. The molecule has 1 atom stereocenters. The van der Waals surface area contributed by atoms with Crippen LogP contribution in [0.2, 0.25) is 0 Å². The number of hydrogen-bond donors (Lipinski definition) is 1. The molecule has 0 aliphatic heterocycles. The first-order chi connectivity index (χ1) is 10.8. The van der Waals surface area contributed by atoms with Crippen LogP contribution in [0.1, 0.15) is 29.9 Å². The number of nitrogens with one attached hydrogen (secondary N) is 1. The standard InChI is InChI=1S/C19H21NO2/c1-22-17-10-6-5-9-16(17)13-20-19(21)18(15-11-12-15)14-7-3-2-4-8-14/h2-10,15,18H,11-13H2,1H3,(H,20,21). The van der Waals surface area contributed by atoms with Crippen LogP contribution in [0.4, 0.5) is 0 Å². The number of carbonyl (C=O) groups is 1. The molecule has 0 heterocycles. The van der Waals surface area contributed by atoms with Crippen molar-refractivity contribution in [2.75, 3.05) is 7.11 Å². The Bertz CT molecular complexity index is 635. The van der Waals surface area contributed by atoms with E-state index in [-0.39, 0.29) is 11.8 Å². The van der Waals surface area contributed by atoms with Gasteiger partial charge in [-0.15, -0.1) is 0 Å². The Morgan fingerprint density at radius 1 is 1.14 bits per heavy atom.